The van der Waals surface area contributed by atoms with Gasteiger partial charge in [-0.25, -0.2) is 19.0 Å². The van der Waals surface area contributed by atoms with Gasteiger partial charge in [0, 0.05) is 23.7 Å². The van der Waals surface area contributed by atoms with E-state index >= 15 is 4.39 Å². The number of hydrogen-bond acceptors (Lipinski definition) is 13. The van der Waals surface area contributed by atoms with Crippen LogP contribution in [-0.2, 0) is 14.3 Å². The molecule has 0 bridgehead atoms. The van der Waals surface area contributed by atoms with Crippen molar-refractivity contribution in [2.75, 3.05) is 62.9 Å². The highest BCUT2D eigenvalue weighted by Gasteiger charge is 2.40. The molecule has 3 aromatic carbocycles. The summed E-state index contributed by atoms with van der Waals surface area (Å²) in [6.45, 7) is 5.32. The molecule has 16 heteroatoms. The largest absolute Gasteiger partial charge is 0.496 e. The van der Waals surface area contributed by atoms with Gasteiger partial charge >= 0.3 is 12.1 Å². The minimum absolute atomic E-state index is 0.0368. The Bertz CT molecular complexity index is 1850. The average molecular weight is 771 g/mol. The lowest BCUT2D eigenvalue weighted by atomic mass is 9.99. The molecule has 2 atom stereocenters. The van der Waals surface area contributed by atoms with Gasteiger partial charge in [0.2, 0.25) is 5.75 Å². The summed E-state index contributed by atoms with van der Waals surface area (Å²) in [4.78, 5) is 61.8. The summed E-state index contributed by atoms with van der Waals surface area (Å²) >= 11 is 0. The smallest absolute Gasteiger partial charge is 0.410 e. The van der Waals surface area contributed by atoms with Crippen molar-refractivity contribution in [1.29, 1.82) is 0 Å². The van der Waals surface area contributed by atoms with E-state index in [4.69, 9.17) is 42.7 Å². The van der Waals surface area contributed by atoms with Crippen LogP contribution in [0.15, 0.2) is 42.5 Å². The van der Waals surface area contributed by atoms with Gasteiger partial charge in [0.05, 0.1) is 61.9 Å². The molecule has 1 fully saturated rings. The van der Waals surface area contributed by atoms with E-state index in [2.05, 4.69) is 0 Å². The topological polar surface area (TPSA) is 158 Å². The van der Waals surface area contributed by atoms with Gasteiger partial charge in [0.25, 0.3) is 5.91 Å². The van der Waals surface area contributed by atoms with Crippen LogP contribution in [0.2, 0.25) is 0 Å². The van der Waals surface area contributed by atoms with Gasteiger partial charge in [0.15, 0.2) is 34.6 Å². The number of nitrogens with zero attached hydrogens (tertiary/aromatic N) is 2. The molecule has 298 valence electrons. The van der Waals surface area contributed by atoms with E-state index in [0.29, 0.717) is 6.42 Å². The van der Waals surface area contributed by atoms with Gasteiger partial charge < -0.3 is 42.8 Å². The lowest BCUT2D eigenvalue weighted by molar-refractivity contribution is -0.150. The zero-order valence-corrected chi connectivity index (χ0v) is 32.6. The van der Waals surface area contributed by atoms with Crippen LogP contribution in [0, 0.1) is 5.82 Å². The fourth-order valence-electron chi connectivity index (χ4n) is 6.07. The van der Waals surface area contributed by atoms with E-state index in [0.717, 1.165) is 5.06 Å². The number of carbonyl (C=O) groups is 4. The van der Waals surface area contributed by atoms with Crippen LogP contribution in [-0.4, -0.2) is 114 Å². The highest BCUT2D eigenvalue weighted by atomic mass is 19.1. The Morgan fingerprint density at radius 3 is 1.78 bits per heavy atom. The number of rotatable bonds is 13. The molecule has 2 amide bonds. The second-order valence-electron chi connectivity index (χ2n) is 13.2. The Labute approximate surface area is 319 Å². The fourth-order valence-corrected chi connectivity index (χ4v) is 6.07. The summed E-state index contributed by atoms with van der Waals surface area (Å²) in [5, 5.41) is 1.04. The first-order valence-corrected chi connectivity index (χ1v) is 17.2. The maximum atomic E-state index is 15.5. The molecule has 15 nitrogen and oxygen atoms in total. The van der Waals surface area contributed by atoms with Gasteiger partial charge in [0.1, 0.15) is 29.1 Å². The van der Waals surface area contributed by atoms with Gasteiger partial charge in [-0.05, 0) is 57.9 Å². The maximum absolute atomic E-state index is 15.5. The normalized spacial score (nSPS) is 15.6. The number of hydrogen-bond donors (Lipinski definition) is 0. The summed E-state index contributed by atoms with van der Waals surface area (Å²) in [6, 6.07) is 8.61. The fraction of sp³-hybridized carbons (Fsp3) is 0.436. The van der Waals surface area contributed by atoms with Crippen LogP contribution >= 0.6 is 0 Å². The molecule has 1 heterocycles. The van der Waals surface area contributed by atoms with Gasteiger partial charge in [-0.15, -0.1) is 0 Å². The lowest BCUT2D eigenvalue weighted by Gasteiger charge is -2.36. The first-order chi connectivity index (χ1) is 26.2. The summed E-state index contributed by atoms with van der Waals surface area (Å²) in [5.41, 5.74) is -0.993. The van der Waals surface area contributed by atoms with Crippen molar-refractivity contribution < 1.29 is 66.3 Å². The summed E-state index contributed by atoms with van der Waals surface area (Å²) in [7, 11) is 9.38. The van der Waals surface area contributed by atoms with Crippen molar-refractivity contribution in [3.63, 3.8) is 0 Å². The van der Waals surface area contributed by atoms with Crippen LogP contribution in [0.1, 0.15) is 70.3 Å². The monoisotopic (exact) mass is 770 g/mol. The lowest BCUT2D eigenvalue weighted by Crippen LogP contribution is -2.53. The molecular formula is C39H47FN2O13. The highest BCUT2D eigenvalue weighted by molar-refractivity contribution is 6.11. The molecule has 1 saturated heterocycles. The minimum atomic E-state index is -1.03. The molecule has 0 unspecified atom stereocenters. The predicted octanol–water partition coefficient (Wildman–Crippen LogP) is 5.74. The molecular weight excluding hydrogens is 723 g/mol. The number of hydroxylamine groups is 2. The number of carbonyl (C=O) groups excluding carboxylic acids is 4. The highest BCUT2D eigenvalue weighted by Crippen LogP contribution is 2.40. The molecule has 3 aromatic rings. The van der Waals surface area contributed by atoms with Crippen molar-refractivity contribution in [2.45, 2.75) is 51.4 Å². The van der Waals surface area contributed by atoms with E-state index in [1.807, 2.05) is 0 Å². The number of likely N-dealkylation sites (tertiary alicyclic amines) is 1. The first kappa shape index (κ1) is 42.0. The molecule has 0 saturated carbocycles. The second kappa shape index (κ2) is 18.0. The molecule has 55 heavy (non-hydrogen) atoms. The predicted molar refractivity (Wildman–Crippen MR) is 195 cm³/mol. The number of halogens is 1. The molecule has 4 rings (SSSR count). The quantitative estimate of drug-likeness (QED) is 0.118. The Kier molecular flexibility index (Phi) is 13.8. The van der Waals surface area contributed by atoms with E-state index < -0.39 is 47.3 Å². The summed E-state index contributed by atoms with van der Waals surface area (Å²) < 4.78 is 59.0. The standard InChI is InChI=1S/C39H47FN2O13/c1-39(2,3)55-38(46)41-17-11-12-26(25(21-41)42(53-10)36(44)24-18-28(48-5)34(51-8)29(19-24)49-6)54-37(45)23-15-13-22(14-16-23)33(43)31-27(47-4)20-30(50-7)35(52-9)32(31)40/h13-16,18-20,25-26H,11-12,17,21H2,1-10H3/t25-,26-/m1/s1. The maximum Gasteiger partial charge on any atom is 0.410 e. The first-order valence-electron chi connectivity index (χ1n) is 17.2. The number of esters is 1. The third-order valence-electron chi connectivity index (χ3n) is 8.68. The summed E-state index contributed by atoms with van der Waals surface area (Å²) in [6.07, 6.45) is -0.996. The van der Waals surface area contributed by atoms with Crippen LogP contribution in [0.3, 0.4) is 0 Å². The van der Waals surface area contributed by atoms with Crippen LogP contribution in [0.4, 0.5) is 9.18 Å². The second-order valence-corrected chi connectivity index (χ2v) is 13.2. The minimum Gasteiger partial charge on any atom is -0.496 e. The molecule has 1 aliphatic rings. The van der Waals surface area contributed by atoms with Gasteiger partial charge in [-0.2, -0.15) is 0 Å². The third-order valence-corrected chi connectivity index (χ3v) is 8.68. The Hall–Kier alpha value is -5.77. The molecule has 1 aliphatic heterocycles. The third kappa shape index (κ3) is 9.31. The number of benzene rings is 3. The number of ketones is 1. The average Bonchev–Trinajstić information content (AvgIpc) is 3.38. The zero-order valence-electron chi connectivity index (χ0n) is 32.6. The molecule has 0 aliphatic carbocycles. The summed E-state index contributed by atoms with van der Waals surface area (Å²) in [5.74, 6) is -2.76. The Morgan fingerprint density at radius 2 is 1.27 bits per heavy atom. The molecule has 0 radical (unpaired) electrons. The molecule has 0 aromatic heterocycles. The van der Waals surface area contributed by atoms with E-state index in [1.165, 1.54) is 97.1 Å². The SMILES string of the molecule is COc1cc(C(=O)N(OC)[C@@H]2CN(C(=O)OC(C)(C)C)CCC[C@H]2OC(=O)c2ccc(C(=O)c3c(OC)cc(OC)c(OC)c3F)cc2)cc(OC)c1OC. The zero-order chi connectivity index (χ0) is 40.6. The van der Waals surface area contributed by atoms with E-state index in [-0.39, 0.29) is 76.3 Å². The Morgan fingerprint density at radius 1 is 0.727 bits per heavy atom. The van der Waals surface area contributed by atoms with Crippen LogP contribution in [0.25, 0.3) is 0 Å². The number of methoxy groups -OCH3 is 6. The van der Waals surface area contributed by atoms with E-state index in [1.54, 1.807) is 20.8 Å². The van der Waals surface area contributed by atoms with Crippen LogP contribution in [0.5, 0.6) is 34.5 Å². The van der Waals surface area contributed by atoms with Crippen molar-refractivity contribution in [2.24, 2.45) is 0 Å². The Balaban J connectivity index is 1.67. The van der Waals surface area contributed by atoms with Crippen molar-refractivity contribution >= 4 is 23.8 Å². The van der Waals surface area contributed by atoms with Crippen molar-refractivity contribution in [3.05, 3.63) is 70.5 Å². The molecule has 0 N–H and O–H groups in total. The van der Waals surface area contributed by atoms with Gasteiger partial charge in [-0.3, -0.25) is 14.4 Å². The number of amides is 2. The van der Waals surface area contributed by atoms with Crippen molar-refractivity contribution in [1.82, 2.24) is 9.96 Å². The van der Waals surface area contributed by atoms with Crippen molar-refractivity contribution in [3.8, 4) is 34.5 Å². The number of ether oxygens (including phenoxy) is 8. The van der Waals surface area contributed by atoms with Gasteiger partial charge in [-0.1, -0.05) is 12.1 Å². The van der Waals surface area contributed by atoms with Crippen LogP contribution < -0.4 is 28.4 Å². The molecule has 0 spiro atoms. The van der Waals surface area contributed by atoms with E-state index in [9.17, 15) is 19.2 Å².